The molecule has 110 valence electrons. The van der Waals surface area contributed by atoms with E-state index in [-0.39, 0.29) is 6.54 Å². The van der Waals surface area contributed by atoms with Crippen molar-refractivity contribution in [3.8, 4) is 22.5 Å². The van der Waals surface area contributed by atoms with Crippen molar-refractivity contribution in [2.24, 2.45) is 0 Å². The van der Waals surface area contributed by atoms with Crippen LogP contribution in [0.2, 0.25) is 0 Å². The second-order valence-corrected chi connectivity index (χ2v) is 4.84. The van der Waals surface area contributed by atoms with Gasteiger partial charge in [-0.25, -0.2) is 5.48 Å². The first-order chi connectivity index (χ1) is 10.8. The minimum atomic E-state index is -0.514. The Kier molecular flexibility index (Phi) is 3.98. The molecule has 0 fully saturated rings. The Morgan fingerprint density at radius 2 is 1.59 bits per heavy atom. The molecule has 0 saturated heterocycles. The molecule has 0 aliphatic heterocycles. The van der Waals surface area contributed by atoms with Gasteiger partial charge in [0.2, 0.25) is 0 Å². The quantitative estimate of drug-likeness (QED) is 0.574. The zero-order chi connectivity index (χ0) is 15.4. The number of carbonyl (C=O) groups excluding carboxylic acids is 1. The summed E-state index contributed by atoms with van der Waals surface area (Å²) < 4.78 is 1.59. The average Bonchev–Trinajstić information content (AvgIpc) is 3.00. The number of hydroxylamine groups is 1. The molecule has 0 saturated carbocycles. The molecular weight excluding hydrogens is 278 g/mol. The van der Waals surface area contributed by atoms with Crippen molar-refractivity contribution in [1.82, 2.24) is 15.3 Å². The summed E-state index contributed by atoms with van der Waals surface area (Å²) in [5.41, 5.74) is 5.18. The van der Waals surface area contributed by atoms with E-state index in [1.807, 2.05) is 66.7 Å². The molecule has 5 nitrogen and oxygen atoms in total. The summed E-state index contributed by atoms with van der Waals surface area (Å²) in [4.78, 5) is 11.5. The van der Waals surface area contributed by atoms with Gasteiger partial charge in [0.15, 0.2) is 0 Å². The largest absolute Gasteiger partial charge is 0.289 e. The second kappa shape index (κ2) is 6.24. The van der Waals surface area contributed by atoms with Gasteiger partial charge in [-0.3, -0.25) is 14.7 Å². The Labute approximate surface area is 127 Å². The molecule has 22 heavy (non-hydrogen) atoms. The molecule has 1 amide bonds. The molecule has 3 rings (SSSR count). The van der Waals surface area contributed by atoms with E-state index in [0.29, 0.717) is 0 Å². The Morgan fingerprint density at radius 3 is 2.18 bits per heavy atom. The number of amides is 1. The van der Waals surface area contributed by atoms with Crippen molar-refractivity contribution < 1.29 is 10.0 Å². The molecule has 0 unspecified atom stereocenters. The van der Waals surface area contributed by atoms with Gasteiger partial charge < -0.3 is 0 Å². The van der Waals surface area contributed by atoms with Crippen molar-refractivity contribution in [2.45, 2.75) is 6.54 Å². The predicted octanol–water partition coefficient (Wildman–Crippen LogP) is 2.72. The Morgan fingerprint density at radius 1 is 1.00 bits per heavy atom. The Hall–Kier alpha value is -2.92. The van der Waals surface area contributed by atoms with Gasteiger partial charge in [0, 0.05) is 5.56 Å². The number of hydrogen-bond donors (Lipinski definition) is 2. The van der Waals surface area contributed by atoms with Crippen LogP contribution in [-0.4, -0.2) is 20.9 Å². The molecule has 1 aromatic heterocycles. The van der Waals surface area contributed by atoms with Crippen LogP contribution in [0.1, 0.15) is 0 Å². The van der Waals surface area contributed by atoms with E-state index < -0.39 is 5.91 Å². The van der Waals surface area contributed by atoms with Crippen molar-refractivity contribution in [1.29, 1.82) is 0 Å². The second-order valence-electron chi connectivity index (χ2n) is 4.84. The highest BCUT2D eigenvalue weighted by Gasteiger charge is 2.13. The highest BCUT2D eigenvalue weighted by atomic mass is 16.5. The highest BCUT2D eigenvalue weighted by molar-refractivity contribution is 5.76. The highest BCUT2D eigenvalue weighted by Crippen LogP contribution is 2.25. The minimum absolute atomic E-state index is 0.0481. The van der Waals surface area contributed by atoms with Crippen LogP contribution in [0.3, 0.4) is 0 Å². The zero-order valence-electron chi connectivity index (χ0n) is 11.8. The molecule has 5 heteroatoms. The van der Waals surface area contributed by atoms with E-state index in [0.717, 1.165) is 22.5 Å². The van der Waals surface area contributed by atoms with Crippen molar-refractivity contribution >= 4 is 5.91 Å². The molecule has 3 aromatic rings. The lowest BCUT2D eigenvalue weighted by Crippen LogP contribution is -2.25. The topological polar surface area (TPSA) is 67.2 Å². The van der Waals surface area contributed by atoms with Crippen LogP contribution in [0.4, 0.5) is 0 Å². The lowest BCUT2D eigenvalue weighted by atomic mass is 10.1. The summed E-state index contributed by atoms with van der Waals surface area (Å²) in [5, 5.41) is 13.2. The van der Waals surface area contributed by atoms with Gasteiger partial charge >= 0.3 is 0 Å². The lowest BCUT2D eigenvalue weighted by molar-refractivity contribution is -0.129. The van der Waals surface area contributed by atoms with Gasteiger partial charge in [-0.1, -0.05) is 60.7 Å². The molecule has 0 bridgehead atoms. The first-order valence-corrected chi connectivity index (χ1v) is 6.89. The van der Waals surface area contributed by atoms with Gasteiger partial charge in [-0.05, 0) is 11.6 Å². The standard InChI is InChI=1S/C17H15N3O2/c21-17(19-22)12-20-16(14-9-5-2-6-10-14)11-15(18-20)13-7-3-1-4-8-13/h1-11,22H,12H2,(H,19,21). The van der Waals surface area contributed by atoms with Gasteiger partial charge in [0.1, 0.15) is 6.54 Å². The third-order valence-electron chi connectivity index (χ3n) is 3.34. The number of nitrogens with one attached hydrogen (secondary N) is 1. The normalized spacial score (nSPS) is 10.4. The molecule has 2 aromatic carbocycles. The number of aromatic nitrogens is 2. The van der Waals surface area contributed by atoms with E-state index in [1.54, 1.807) is 10.2 Å². The molecule has 0 radical (unpaired) electrons. The number of nitrogens with zero attached hydrogens (tertiary/aromatic N) is 2. The van der Waals surface area contributed by atoms with E-state index in [2.05, 4.69) is 5.10 Å². The summed E-state index contributed by atoms with van der Waals surface area (Å²) in [6.45, 7) is -0.0481. The summed E-state index contributed by atoms with van der Waals surface area (Å²) in [7, 11) is 0. The molecule has 0 aliphatic rings. The molecule has 0 aliphatic carbocycles. The third kappa shape index (κ3) is 2.89. The summed E-state index contributed by atoms with van der Waals surface area (Å²) in [6, 6.07) is 21.4. The average molecular weight is 293 g/mol. The monoisotopic (exact) mass is 293 g/mol. The summed E-state index contributed by atoms with van der Waals surface area (Å²) in [5.74, 6) is -0.514. The Bertz CT molecular complexity index is 767. The van der Waals surface area contributed by atoms with Crippen LogP contribution in [0.15, 0.2) is 66.7 Å². The smallest absolute Gasteiger partial charge is 0.265 e. The number of rotatable bonds is 4. The molecule has 0 spiro atoms. The lowest BCUT2D eigenvalue weighted by Gasteiger charge is -2.05. The van der Waals surface area contributed by atoms with E-state index in [1.165, 1.54) is 0 Å². The van der Waals surface area contributed by atoms with Crippen LogP contribution in [-0.2, 0) is 11.3 Å². The predicted molar refractivity (Wildman–Crippen MR) is 83.0 cm³/mol. The van der Waals surface area contributed by atoms with Gasteiger partial charge in [-0.15, -0.1) is 0 Å². The maximum Gasteiger partial charge on any atom is 0.265 e. The fraction of sp³-hybridized carbons (Fsp3) is 0.0588. The van der Waals surface area contributed by atoms with Crippen molar-refractivity contribution in [2.75, 3.05) is 0 Å². The summed E-state index contributed by atoms with van der Waals surface area (Å²) >= 11 is 0. The maximum atomic E-state index is 11.5. The van der Waals surface area contributed by atoms with Crippen LogP contribution < -0.4 is 5.48 Å². The fourth-order valence-electron chi connectivity index (χ4n) is 2.30. The van der Waals surface area contributed by atoms with Crippen molar-refractivity contribution in [3.63, 3.8) is 0 Å². The number of hydrogen-bond acceptors (Lipinski definition) is 3. The first kappa shape index (κ1) is 14.0. The van der Waals surface area contributed by atoms with Crippen LogP contribution >= 0.6 is 0 Å². The van der Waals surface area contributed by atoms with Crippen LogP contribution in [0, 0.1) is 0 Å². The SMILES string of the molecule is O=C(Cn1nc(-c2ccccc2)cc1-c1ccccc1)NO. The summed E-state index contributed by atoms with van der Waals surface area (Å²) in [6.07, 6.45) is 0. The third-order valence-corrected chi connectivity index (χ3v) is 3.34. The van der Waals surface area contributed by atoms with E-state index >= 15 is 0 Å². The van der Waals surface area contributed by atoms with Gasteiger partial charge in [0.05, 0.1) is 11.4 Å². The molecule has 2 N–H and O–H groups in total. The molecular formula is C17H15N3O2. The van der Waals surface area contributed by atoms with Gasteiger partial charge in [0.25, 0.3) is 5.91 Å². The van der Waals surface area contributed by atoms with Crippen LogP contribution in [0.5, 0.6) is 0 Å². The minimum Gasteiger partial charge on any atom is -0.289 e. The van der Waals surface area contributed by atoms with Gasteiger partial charge in [-0.2, -0.15) is 5.10 Å². The fourth-order valence-corrected chi connectivity index (χ4v) is 2.30. The number of carbonyl (C=O) groups is 1. The zero-order valence-corrected chi connectivity index (χ0v) is 11.8. The maximum absolute atomic E-state index is 11.5. The Balaban J connectivity index is 2.07. The number of benzene rings is 2. The van der Waals surface area contributed by atoms with Crippen LogP contribution in [0.25, 0.3) is 22.5 Å². The molecule has 0 atom stereocenters. The van der Waals surface area contributed by atoms with Crippen molar-refractivity contribution in [3.05, 3.63) is 66.7 Å². The van der Waals surface area contributed by atoms with E-state index in [4.69, 9.17) is 5.21 Å². The van der Waals surface area contributed by atoms with E-state index in [9.17, 15) is 4.79 Å². The molecule has 1 heterocycles. The first-order valence-electron chi connectivity index (χ1n) is 6.89.